The summed E-state index contributed by atoms with van der Waals surface area (Å²) in [7, 11) is 0. The van der Waals surface area contributed by atoms with Crippen LogP contribution in [0.1, 0.15) is 19.4 Å². The molecule has 1 atom stereocenters. The molecule has 0 amide bonds. The zero-order valence-corrected chi connectivity index (χ0v) is 9.19. The van der Waals surface area contributed by atoms with Gasteiger partial charge in [-0.2, -0.15) is 0 Å². The van der Waals surface area contributed by atoms with E-state index in [1.807, 2.05) is 37.3 Å². The second-order valence-electron chi connectivity index (χ2n) is 3.63. The zero-order chi connectivity index (χ0) is 11.3. The molecule has 0 fully saturated rings. The van der Waals surface area contributed by atoms with E-state index in [0.717, 1.165) is 5.56 Å². The molecule has 0 saturated heterocycles. The fraction of sp³-hybridized carbons (Fsp3) is 0.417. The molecular formula is C12H17NO2. The minimum atomic E-state index is -0.962. The van der Waals surface area contributed by atoms with E-state index in [1.54, 1.807) is 6.92 Å². The Morgan fingerprint density at radius 3 is 2.53 bits per heavy atom. The lowest BCUT2D eigenvalue weighted by Gasteiger charge is -2.23. The Morgan fingerprint density at radius 1 is 1.40 bits per heavy atom. The van der Waals surface area contributed by atoms with Gasteiger partial charge < -0.3 is 10.5 Å². The number of ketones is 1. The van der Waals surface area contributed by atoms with Crippen molar-refractivity contribution < 1.29 is 9.53 Å². The van der Waals surface area contributed by atoms with Crippen LogP contribution < -0.4 is 5.73 Å². The standard InChI is InChI=1S/C12H17NO2/c1-3-15-9-11(14)12(2,13)10-7-5-4-6-8-10/h4-8H,3,9,13H2,1-2H3. The average molecular weight is 207 g/mol. The Bertz CT molecular complexity index is 320. The predicted octanol–water partition coefficient (Wildman–Crippen LogP) is 1.47. The summed E-state index contributed by atoms with van der Waals surface area (Å²) in [5, 5.41) is 0. The topological polar surface area (TPSA) is 52.3 Å². The van der Waals surface area contributed by atoms with Crippen LogP contribution in [0.15, 0.2) is 30.3 Å². The fourth-order valence-corrected chi connectivity index (χ4v) is 1.29. The van der Waals surface area contributed by atoms with Crippen LogP contribution in [0.3, 0.4) is 0 Å². The first-order valence-electron chi connectivity index (χ1n) is 5.04. The predicted molar refractivity (Wildman–Crippen MR) is 59.5 cm³/mol. The molecule has 1 aromatic carbocycles. The van der Waals surface area contributed by atoms with Gasteiger partial charge in [0.1, 0.15) is 6.61 Å². The van der Waals surface area contributed by atoms with Crippen molar-refractivity contribution in [2.75, 3.05) is 13.2 Å². The molecule has 0 aromatic heterocycles. The van der Waals surface area contributed by atoms with Gasteiger partial charge in [0.15, 0.2) is 5.78 Å². The molecule has 1 aromatic rings. The molecule has 1 rings (SSSR count). The van der Waals surface area contributed by atoms with Gasteiger partial charge >= 0.3 is 0 Å². The van der Waals surface area contributed by atoms with Gasteiger partial charge in [-0.05, 0) is 19.4 Å². The number of ether oxygens (including phenoxy) is 1. The van der Waals surface area contributed by atoms with Gasteiger partial charge in [0, 0.05) is 6.61 Å². The summed E-state index contributed by atoms with van der Waals surface area (Å²) >= 11 is 0. The smallest absolute Gasteiger partial charge is 0.182 e. The Labute approximate surface area is 90.2 Å². The first-order valence-corrected chi connectivity index (χ1v) is 5.04. The second-order valence-corrected chi connectivity index (χ2v) is 3.63. The maximum Gasteiger partial charge on any atom is 0.182 e. The quantitative estimate of drug-likeness (QED) is 0.795. The van der Waals surface area contributed by atoms with Crippen LogP contribution in [0.2, 0.25) is 0 Å². The summed E-state index contributed by atoms with van der Waals surface area (Å²) in [6, 6.07) is 9.34. The van der Waals surface area contributed by atoms with E-state index in [2.05, 4.69) is 0 Å². The van der Waals surface area contributed by atoms with E-state index in [4.69, 9.17) is 10.5 Å². The lowest BCUT2D eigenvalue weighted by atomic mass is 9.89. The highest BCUT2D eigenvalue weighted by atomic mass is 16.5. The van der Waals surface area contributed by atoms with Crippen molar-refractivity contribution in [3.8, 4) is 0 Å². The van der Waals surface area contributed by atoms with Crippen molar-refractivity contribution >= 4 is 5.78 Å². The molecule has 0 saturated carbocycles. The third-order valence-corrected chi connectivity index (χ3v) is 2.39. The van der Waals surface area contributed by atoms with E-state index < -0.39 is 5.54 Å². The summed E-state index contributed by atoms with van der Waals surface area (Å²) in [5.41, 5.74) is 5.85. The summed E-state index contributed by atoms with van der Waals surface area (Å²) in [5.74, 6) is -0.101. The number of rotatable bonds is 5. The minimum Gasteiger partial charge on any atom is -0.374 e. The first-order chi connectivity index (χ1) is 7.09. The largest absolute Gasteiger partial charge is 0.374 e. The Hall–Kier alpha value is -1.19. The highest BCUT2D eigenvalue weighted by Gasteiger charge is 2.29. The van der Waals surface area contributed by atoms with Crippen LogP contribution >= 0.6 is 0 Å². The molecule has 15 heavy (non-hydrogen) atoms. The maximum absolute atomic E-state index is 11.8. The molecule has 0 radical (unpaired) electrons. The molecule has 3 nitrogen and oxygen atoms in total. The van der Waals surface area contributed by atoms with Gasteiger partial charge in [-0.3, -0.25) is 4.79 Å². The lowest BCUT2D eigenvalue weighted by Crippen LogP contribution is -2.44. The van der Waals surface area contributed by atoms with Gasteiger partial charge in [-0.1, -0.05) is 30.3 Å². The molecule has 0 aliphatic rings. The van der Waals surface area contributed by atoms with E-state index in [9.17, 15) is 4.79 Å². The molecule has 3 heteroatoms. The third-order valence-electron chi connectivity index (χ3n) is 2.39. The summed E-state index contributed by atoms with van der Waals surface area (Å²) in [6.45, 7) is 4.16. The van der Waals surface area contributed by atoms with E-state index in [1.165, 1.54) is 0 Å². The highest BCUT2D eigenvalue weighted by molar-refractivity contribution is 5.90. The number of hydrogen-bond donors (Lipinski definition) is 1. The van der Waals surface area contributed by atoms with Crippen molar-refractivity contribution in [3.05, 3.63) is 35.9 Å². The summed E-state index contributed by atoms with van der Waals surface area (Å²) < 4.78 is 5.07. The lowest BCUT2D eigenvalue weighted by molar-refractivity contribution is -0.128. The van der Waals surface area contributed by atoms with Crippen molar-refractivity contribution in [2.45, 2.75) is 19.4 Å². The van der Waals surface area contributed by atoms with Gasteiger partial charge in [-0.15, -0.1) is 0 Å². The Kier molecular flexibility index (Phi) is 4.00. The molecule has 0 heterocycles. The number of Topliss-reactive ketones (excluding diaryl/α,β-unsaturated/α-hetero) is 1. The van der Waals surface area contributed by atoms with Crippen molar-refractivity contribution in [1.29, 1.82) is 0 Å². The van der Waals surface area contributed by atoms with Crippen LogP contribution in [0, 0.1) is 0 Å². The van der Waals surface area contributed by atoms with E-state index in [0.29, 0.717) is 6.61 Å². The molecule has 2 N–H and O–H groups in total. The average Bonchev–Trinajstić information content (AvgIpc) is 2.27. The Morgan fingerprint density at radius 2 is 2.00 bits per heavy atom. The molecule has 0 aliphatic carbocycles. The van der Waals surface area contributed by atoms with Crippen LogP contribution in [0.25, 0.3) is 0 Å². The molecule has 0 bridgehead atoms. The van der Waals surface area contributed by atoms with Crippen molar-refractivity contribution in [2.24, 2.45) is 5.73 Å². The molecule has 0 aliphatic heterocycles. The molecule has 1 unspecified atom stereocenters. The normalized spacial score (nSPS) is 14.6. The van der Waals surface area contributed by atoms with Gasteiger partial charge in [-0.25, -0.2) is 0 Å². The summed E-state index contributed by atoms with van der Waals surface area (Å²) in [6.07, 6.45) is 0. The van der Waals surface area contributed by atoms with E-state index >= 15 is 0 Å². The van der Waals surface area contributed by atoms with Gasteiger partial charge in [0.05, 0.1) is 5.54 Å². The van der Waals surface area contributed by atoms with Crippen molar-refractivity contribution in [1.82, 2.24) is 0 Å². The fourth-order valence-electron chi connectivity index (χ4n) is 1.29. The SMILES string of the molecule is CCOCC(=O)C(C)(N)c1ccccc1. The van der Waals surface area contributed by atoms with Crippen LogP contribution in [0.5, 0.6) is 0 Å². The van der Waals surface area contributed by atoms with Crippen LogP contribution in [-0.4, -0.2) is 19.0 Å². The van der Waals surface area contributed by atoms with Crippen LogP contribution in [0.4, 0.5) is 0 Å². The molecule has 82 valence electrons. The number of benzene rings is 1. The zero-order valence-electron chi connectivity index (χ0n) is 9.19. The van der Waals surface area contributed by atoms with Gasteiger partial charge in [0.2, 0.25) is 0 Å². The third kappa shape index (κ3) is 2.88. The number of carbonyl (C=O) groups is 1. The van der Waals surface area contributed by atoms with Crippen molar-refractivity contribution in [3.63, 3.8) is 0 Å². The monoisotopic (exact) mass is 207 g/mol. The minimum absolute atomic E-state index is 0.0679. The first kappa shape index (κ1) is 11.9. The number of nitrogens with two attached hydrogens (primary N) is 1. The summed E-state index contributed by atoms with van der Waals surface area (Å²) in [4.78, 5) is 11.8. The number of hydrogen-bond acceptors (Lipinski definition) is 3. The van der Waals surface area contributed by atoms with E-state index in [-0.39, 0.29) is 12.4 Å². The molecule has 0 spiro atoms. The highest BCUT2D eigenvalue weighted by Crippen LogP contribution is 2.18. The molecular weight excluding hydrogens is 190 g/mol. The van der Waals surface area contributed by atoms with Gasteiger partial charge in [0.25, 0.3) is 0 Å². The van der Waals surface area contributed by atoms with Crippen LogP contribution in [-0.2, 0) is 15.1 Å². The number of carbonyl (C=O) groups excluding carboxylic acids is 1. The maximum atomic E-state index is 11.8. The Balaban J connectivity index is 2.78. The second kappa shape index (κ2) is 5.05.